The second-order valence-electron chi connectivity index (χ2n) is 8.70. The van der Waals surface area contributed by atoms with Gasteiger partial charge in [0.05, 0.1) is 12.1 Å². The lowest BCUT2D eigenvalue weighted by Gasteiger charge is -2.26. The molecule has 0 saturated carbocycles. The summed E-state index contributed by atoms with van der Waals surface area (Å²) in [6, 6.07) is -5.36. The molecule has 0 aromatic rings. The topological polar surface area (TPSA) is 343 Å². The highest BCUT2D eigenvalue weighted by Crippen LogP contribution is 2.05. The fraction of sp³-hybridized carbons (Fsp3) is 0.667. The van der Waals surface area contributed by atoms with E-state index in [0.29, 0.717) is 6.42 Å². The number of carboxylic acids is 1. The number of nitrogens with zero attached hydrogens (tertiary/aromatic N) is 2. The Balaban J connectivity index is 5.41. The second-order valence-corrected chi connectivity index (χ2v) is 8.70. The van der Waals surface area contributed by atoms with Gasteiger partial charge in [-0.3, -0.25) is 29.2 Å². The zero-order valence-corrected chi connectivity index (χ0v) is 21.8. The van der Waals surface area contributed by atoms with Crippen LogP contribution in [-0.4, -0.2) is 95.1 Å². The van der Waals surface area contributed by atoms with E-state index in [9.17, 15) is 34.2 Å². The summed E-state index contributed by atoms with van der Waals surface area (Å²) in [5.74, 6) is -5.08. The zero-order chi connectivity index (χ0) is 30.1. The van der Waals surface area contributed by atoms with Crippen LogP contribution in [0.15, 0.2) is 9.98 Å². The van der Waals surface area contributed by atoms with E-state index in [1.807, 2.05) is 0 Å². The molecule has 4 amide bonds. The minimum absolute atomic E-state index is 0.0399. The summed E-state index contributed by atoms with van der Waals surface area (Å²) in [5.41, 5.74) is 31.9. The number of nitrogens with two attached hydrogens (primary N) is 6. The van der Waals surface area contributed by atoms with Gasteiger partial charge in [0.2, 0.25) is 23.6 Å². The number of rotatable bonds is 19. The van der Waals surface area contributed by atoms with Crippen molar-refractivity contribution in [2.75, 3.05) is 13.1 Å². The van der Waals surface area contributed by atoms with E-state index in [4.69, 9.17) is 34.4 Å². The molecule has 0 radical (unpaired) electrons. The molecule has 0 aromatic heterocycles. The normalized spacial score (nSPS) is 14.4. The summed E-state index contributed by atoms with van der Waals surface area (Å²) >= 11 is 0. The Kier molecular flexibility index (Phi) is 16.2. The van der Waals surface area contributed by atoms with Gasteiger partial charge in [-0.25, -0.2) is 4.79 Å². The summed E-state index contributed by atoms with van der Waals surface area (Å²) in [7, 11) is 0. The van der Waals surface area contributed by atoms with Crippen molar-refractivity contribution in [2.24, 2.45) is 44.4 Å². The van der Waals surface area contributed by atoms with Crippen molar-refractivity contribution in [3.05, 3.63) is 0 Å². The first-order valence-electron chi connectivity index (χ1n) is 12.1. The number of primary amides is 1. The summed E-state index contributed by atoms with van der Waals surface area (Å²) in [6.07, 6.45) is -1.31. The molecule has 0 aliphatic carbocycles. The number of nitrogens with one attached hydrogen (secondary N) is 3. The minimum Gasteiger partial charge on any atom is -0.480 e. The molecule has 0 aliphatic rings. The highest BCUT2D eigenvalue weighted by Gasteiger charge is 2.32. The molecular formula is C21H41N11O7. The van der Waals surface area contributed by atoms with Gasteiger partial charge in [-0.15, -0.1) is 0 Å². The Morgan fingerprint density at radius 3 is 1.72 bits per heavy atom. The van der Waals surface area contributed by atoms with Gasteiger partial charge in [-0.05, 0) is 39.0 Å². The molecule has 0 fully saturated rings. The molecule has 0 aromatic carbocycles. The molecule has 5 unspecified atom stereocenters. The number of amides is 4. The fourth-order valence-corrected chi connectivity index (χ4v) is 3.17. The van der Waals surface area contributed by atoms with Crippen LogP contribution in [-0.2, 0) is 24.0 Å². The number of aliphatic hydroxyl groups excluding tert-OH is 1. The SMILES string of the molecule is CC(O)C(NC(=O)C(N)CCCN=C(N)N)C(=O)NC(CCC(N)=O)C(=O)NC(CCCN=C(N)N)C(=O)O. The van der Waals surface area contributed by atoms with E-state index in [2.05, 4.69) is 25.9 Å². The number of hydrogen-bond acceptors (Lipinski definition) is 9. The van der Waals surface area contributed by atoms with Crippen molar-refractivity contribution in [3.8, 4) is 0 Å². The number of hydrogen-bond donors (Lipinski definition) is 11. The molecule has 18 nitrogen and oxygen atoms in total. The van der Waals surface area contributed by atoms with Gasteiger partial charge < -0.3 is 60.6 Å². The van der Waals surface area contributed by atoms with Gasteiger partial charge in [0.25, 0.3) is 0 Å². The van der Waals surface area contributed by atoms with Gasteiger partial charge >= 0.3 is 5.97 Å². The van der Waals surface area contributed by atoms with Crippen LogP contribution in [0.2, 0.25) is 0 Å². The van der Waals surface area contributed by atoms with Gasteiger partial charge in [-0.2, -0.15) is 0 Å². The predicted molar refractivity (Wildman–Crippen MR) is 141 cm³/mol. The van der Waals surface area contributed by atoms with Gasteiger partial charge in [-0.1, -0.05) is 0 Å². The van der Waals surface area contributed by atoms with Crippen LogP contribution in [0.25, 0.3) is 0 Å². The summed E-state index contributed by atoms with van der Waals surface area (Å²) in [4.78, 5) is 68.6. The first-order valence-corrected chi connectivity index (χ1v) is 12.1. The van der Waals surface area contributed by atoms with Crippen molar-refractivity contribution < 1.29 is 34.2 Å². The molecule has 222 valence electrons. The highest BCUT2D eigenvalue weighted by molar-refractivity contribution is 5.94. The van der Waals surface area contributed by atoms with Crippen LogP contribution < -0.4 is 50.4 Å². The Morgan fingerprint density at radius 1 is 0.744 bits per heavy atom. The number of aliphatic carboxylic acids is 1. The molecule has 0 saturated heterocycles. The molecule has 39 heavy (non-hydrogen) atoms. The van der Waals surface area contributed by atoms with Crippen molar-refractivity contribution in [1.29, 1.82) is 0 Å². The Hall–Kier alpha value is -4.19. The van der Waals surface area contributed by atoms with E-state index in [1.54, 1.807) is 0 Å². The van der Waals surface area contributed by atoms with E-state index in [0.717, 1.165) is 0 Å². The van der Waals surface area contributed by atoms with Gasteiger partial charge in [0.15, 0.2) is 11.9 Å². The second kappa shape index (κ2) is 18.1. The molecule has 0 aliphatic heterocycles. The number of aliphatic hydroxyl groups is 1. The molecule has 0 heterocycles. The van der Waals surface area contributed by atoms with Crippen molar-refractivity contribution in [1.82, 2.24) is 16.0 Å². The third kappa shape index (κ3) is 15.6. The van der Waals surface area contributed by atoms with Crippen LogP contribution in [0.4, 0.5) is 0 Å². The lowest BCUT2D eigenvalue weighted by Crippen LogP contribution is -2.59. The maximum absolute atomic E-state index is 12.9. The van der Waals surface area contributed by atoms with Crippen LogP contribution in [0, 0.1) is 0 Å². The van der Waals surface area contributed by atoms with E-state index in [-0.39, 0.29) is 57.1 Å². The van der Waals surface area contributed by atoms with Crippen LogP contribution >= 0.6 is 0 Å². The third-order valence-electron chi connectivity index (χ3n) is 5.24. The highest BCUT2D eigenvalue weighted by atomic mass is 16.4. The number of carboxylic acid groups (broad SMARTS) is 1. The summed E-state index contributed by atoms with van der Waals surface area (Å²) < 4.78 is 0. The quantitative estimate of drug-likeness (QED) is 0.0401. The standard InChI is InChI=1S/C21H41N11O7/c1-10(33)15(32-16(35)11(22)4-2-8-28-20(24)25)18(37)30-12(6-7-14(23)34)17(36)31-13(19(38)39)5-3-9-29-21(26)27/h10-13,15,33H,2-9,22H2,1H3,(H2,23,34)(H,30,37)(H,31,36)(H,32,35)(H,38,39)(H4,24,25,28)(H4,26,27,29). The Bertz CT molecular complexity index is 903. The molecule has 5 atom stereocenters. The van der Waals surface area contributed by atoms with E-state index in [1.165, 1.54) is 6.92 Å². The Labute approximate surface area is 225 Å². The monoisotopic (exact) mass is 559 g/mol. The largest absolute Gasteiger partial charge is 0.480 e. The molecule has 17 N–H and O–H groups in total. The molecule has 0 rings (SSSR count). The lowest BCUT2D eigenvalue weighted by molar-refractivity contribution is -0.142. The Morgan fingerprint density at radius 2 is 1.26 bits per heavy atom. The summed E-state index contributed by atoms with van der Waals surface area (Å²) in [5, 5.41) is 26.5. The smallest absolute Gasteiger partial charge is 0.326 e. The third-order valence-corrected chi connectivity index (χ3v) is 5.24. The van der Waals surface area contributed by atoms with Crippen molar-refractivity contribution in [3.63, 3.8) is 0 Å². The maximum atomic E-state index is 12.9. The number of carbonyl (C=O) groups is 5. The predicted octanol–water partition coefficient (Wildman–Crippen LogP) is -5.39. The molecule has 0 bridgehead atoms. The lowest BCUT2D eigenvalue weighted by atomic mass is 10.1. The van der Waals surface area contributed by atoms with Gasteiger partial charge in [0, 0.05) is 19.5 Å². The number of aliphatic imine (C=N–C) groups is 2. The molecule has 18 heteroatoms. The zero-order valence-electron chi connectivity index (χ0n) is 21.8. The van der Waals surface area contributed by atoms with Crippen LogP contribution in [0.3, 0.4) is 0 Å². The first kappa shape index (κ1) is 34.8. The van der Waals surface area contributed by atoms with Crippen molar-refractivity contribution in [2.45, 2.75) is 75.7 Å². The maximum Gasteiger partial charge on any atom is 0.326 e. The average molecular weight is 560 g/mol. The van der Waals surface area contributed by atoms with E-state index >= 15 is 0 Å². The number of guanidine groups is 2. The fourth-order valence-electron chi connectivity index (χ4n) is 3.17. The van der Waals surface area contributed by atoms with E-state index < -0.39 is 59.9 Å². The molecule has 0 spiro atoms. The average Bonchev–Trinajstić information content (AvgIpc) is 2.83. The minimum atomic E-state index is -1.53. The van der Waals surface area contributed by atoms with Crippen LogP contribution in [0.1, 0.15) is 45.4 Å². The number of carbonyl (C=O) groups excluding carboxylic acids is 4. The molecular weight excluding hydrogens is 518 g/mol. The van der Waals surface area contributed by atoms with Crippen molar-refractivity contribution >= 4 is 41.5 Å². The first-order chi connectivity index (χ1) is 18.1. The van der Waals surface area contributed by atoms with Gasteiger partial charge in [0.1, 0.15) is 18.1 Å². The van der Waals surface area contributed by atoms with Crippen LogP contribution in [0.5, 0.6) is 0 Å². The summed E-state index contributed by atoms with van der Waals surface area (Å²) in [6.45, 7) is 1.58.